The molecule has 3 nitrogen and oxygen atoms in total. The van der Waals surface area contributed by atoms with E-state index in [0.717, 1.165) is 11.1 Å². The van der Waals surface area contributed by atoms with E-state index < -0.39 is 5.82 Å². The minimum absolute atomic E-state index is 0.00968. The molecule has 0 aliphatic carbocycles. The van der Waals surface area contributed by atoms with E-state index in [1.54, 1.807) is 24.5 Å². The van der Waals surface area contributed by atoms with E-state index in [0.29, 0.717) is 13.1 Å². The molecule has 5 heteroatoms. The molecule has 0 saturated carbocycles. The Hall–Kier alpha value is -1.49. The van der Waals surface area contributed by atoms with Crippen molar-refractivity contribution in [3.63, 3.8) is 0 Å². The first kappa shape index (κ1) is 15.9. The minimum Gasteiger partial charge on any atom is -0.395 e. The van der Waals surface area contributed by atoms with Gasteiger partial charge in [0, 0.05) is 31.5 Å². The van der Waals surface area contributed by atoms with Gasteiger partial charge >= 0.3 is 0 Å². The zero-order valence-corrected chi connectivity index (χ0v) is 12.6. The molecule has 0 radical (unpaired) electrons. The minimum atomic E-state index is -0.423. The smallest absolute Gasteiger partial charge is 0.141 e. The summed E-state index contributed by atoms with van der Waals surface area (Å²) in [6.45, 7) is 3.24. The number of pyridine rings is 1. The highest BCUT2D eigenvalue weighted by Gasteiger charge is 2.17. The Labute approximate surface area is 129 Å². The molecule has 112 valence electrons. The third kappa shape index (κ3) is 4.24. The Kier molecular flexibility index (Phi) is 5.67. The van der Waals surface area contributed by atoms with Crippen molar-refractivity contribution in [1.29, 1.82) is 0 Å². The molecule has 1 aromatic heterocycles. The average molecular weight is 309 g/mol. The van der Waals surface area contributed by atoms with E-state index in [4.69, 9.17) is 11.6 Å². The number of aliphatic hydroxyl groups excluding tert-OH is 1. The second-order valence-corrected chi connectivity index (χ2v) is 5.31. The molecular weight excluding hydrogens is 291 g/mol. The van der Waals surface area contributed by atoms with Crippen molar-refractivity contribution in [2.45, 2.75) is 19.5 Å². The van der Waals surface area contributed by atoms with Crippen LogP contribution in [-0.2, 0) is 6.54 Å². The van der Waals surface area contributed by atoms with Gasteiger partial charge in [0.15, 0.2) is 0 Å². The van der Waals surface area contributed by atoms with Crippen molar-refractivity contribution in [2.75, 3.05) is 13.2 Å². The van der Waals surface area contributed by atoms with Gasteiger partial charge in [-0.25, -0.2) is 4.39 Å². The van der Waals surface area contributed by atoms with Crippen molar-refractivity contribution in [2.24, 2.45) is 0 Å². The lowest BCUT2D eigenvalue weighted by Gasteiger charge is -2.29. The van der Waals surface area contributed by atoms with Crippen LogP contribution in [0.15, 0.2) is 42.7 Å². The highest BCUT2D eigenvalue weighted by atomic mass is 35.5. The number of hydrogen-bond donors (Lipinski definition) is 1. The van der Waals surface area contributed by atoms with Gasteiger partial charge in [-0.2, -0.15) is 0 Å². The third-order valence-corrected chi connectivity index (χ3v) is 3.76. The molecule has 0 amide bonds. The monoisotopic (exact) mass is 308 g/mol. The quantitative estimate of drug-likeness (QED) is 0.888. The zero-order chi connectivity index (χ0) is 15.2. The van der Waals surface area contributed by atoms with Crippen LogP contribution in [0.1, 0.15) is 24.1 Å². The van der Waals surface area contributed by atoms with Gasteiger partial charge in [0.1, 0.15) is 5.82 Å². The average Bonchev–Trinajstić information content (AvgIpc) is 2.50. The lowest BCUT2D eigenvalue weighted by molar-refractivity contribution is 0.151. The molecule has 1 atom stereocenters. The van der Waals surface area contributed by atoms with E-state index in [9.17, 15) is 9.50 Å². The molecule has 21 heavy (non-hydrogen) atoms. The summed E-state index contributed by atoms with van der Waals surface area (Å²) in [6.07, 6.45) is 3.53. The van der Waals surface area contributed by atoms with Crippen LogP contribution in [0.4, 0.5) is 4.39 Å². The lowest BCUT2D eigenvalue weighted by atomic mass is 10.1. The van der Waals surface area contributed by atoms with Crippen molar-refractivity contribution in [3.05, 3.63) is 64.7 Å². The van der Waals surface area contributed by atoms with E-state index in [1.165, 1.54) is 6.07 Å². The van der Waals surface area contributed by atoms with Crippen LogP contribution in [0.3, 0.4) is 0 Å². The van der Waals surface area contributed by atoms with Crippen LogP contribution in [0.5, 0.6) is 0 Å². The van der Waals surface area contributed by atoms with Crippen molar-refractivity contribution >= 4 is 11.6 Å². The predicted molar refractivity (Wildman–Crippen MR) is 81.6 cm³/mol. The number of rotatable bonds is 6. The topological polar surface area (TPSA) is 36.4 Å². The molecule has 0 bridgehead atoms. The van der Waals surface area contributed by atoms with Crippen molar-refractivity contribution in [1.82, 2.24) is 9.88 Å². The summed E-state index contributed by atoms with van der Waals surface area (Å²) < 4.78 is 13.3. The molecule has 1 N–H and O–H groups in total. The van der Waals surface area contributed by atoms with Gasteiger partial charge in [0.2, 0.25) is 0 Å². The van der Waals surface area contributed by atoms with E-state index in [1.807, 2.05) is 19.1 Å². The molecule has 1 heterocycles. The van der Waals surface area contributed by atoms with Crippen molar-refractivity contribution < 1.29 is 9.50 Å². The standard InChI is InChI=1S/C16H18ClFN2O/c1-12(14-4-5-16(18)15(17)9-14)20(7-8-21)11-13-3-2-6-19-10-13/h2-6,9-10,12,21H,7-8,11H2,1H3. The summed E-state index contributed by atoms with van der Waals surface area (Å²) in [5.74, 6) is -0.423. The fourth-order valence-electron chi connectivity index (χ4n) is 2.25. The van der Waals surface area contributed by atoms with Gasteiger partial charge in [-0.1, -0.05) is 23.7 Å². The lowest BCUT2D eigenvalue weighted by Crippen LogP contribution is -2.29. The number of halogens is 2. The van der Waals surface area contributed by atoms with Crippen LogP contribution in [0.2, 0.25) is 5.02 Å². The van der Waals surface area contributed by atoms with Crippen LogP contribution in [0.25, 0.3) is 0 Å². The maximum atomic E-state index is 13.3. The zero-order valence-electron chi connectivity index (χ0n) is 11.8. The molecule has 0 saturated heterocycles. The van der Waals surface area contributed by atoms with E-state index in [-0.39, 0.29) is 17.7 Å². The SMILES string of the molecule is CC(c1ccc(F)c(Cl)c1)N(CCO)Cc1cccnc1. The molecular formula is C16H18ClFN2O. The molecule has 2 aromatic rings. The van der Waals surface area contributed by atoms with Gasteiger partial charge < -0.3 is 5.11 Å². The maximum absolute atomic E-state index is 13.3. The fourth-order valence-corrected chi connectivity index (χ4v) is 2.44. The van der Waals surface area contributed by atoms with E-state index >= 15 is 0 Å². The first-order valence-electron chi connectivity index (χ1n) is 6.80. The van der Waals surface area contributed by atoms with Gasteiger partial charge in [-0.05, 0) is 36.2 Å². The Balaban J connectivity index is 2.18. The van der Waals surface area contributed by atoms with Gasteiger partial charge in [-0.15, -0.1) is 0 Å². The van der Waals surface area contributed by atoms with E-state index in [2.05, 4.69) is 9.88 Å². The van der Waals surface area contributed by atoms with Crippen LogP contribution >= 0.6 is 11.6 Å². The molecule has 0 spiro atoms. The first-order chi connectivity index (χ1) is 10.1. The predicted octanol–water partition coefficient (Wildman–Crippen LogP) is 3.43. The van der Waals surface area contributed by atoms with Gasteiger partial charge in [0.05, 0.1) is 11.6 Å². The molecule has 1 aromatic carbocycles. The summed E-state index contributed by atoms with van der Waals surface area (Å²) in [7, 11) is 0. The summed E-state index contributed by atoms with van der Waals surface area (Å²) in [5.41, 5.74) is 1.98. The molecule has 0 aliphatic rings. The molecule has 2 rings (SSSR count). The Bertz CT molecular complexity index is 580. The first-order valence-corrected chi connectivity index (χ1v) is 7.18. The number of hydrogen-bond acceptors (Lipinski definition) is 3. The fraction of sp³-hybridized carbons (Fsp3) is 0.312. The van der Waals surface area contributed by atoms with Crippen molar-refractivity contribution in [3.8, 4) is 0 Å². The largest absolute Gasteiger partial charge is 0.395 e. The number of nitrogens with zero attached hydrogens (tertiary/aromatic N) is 2. The molecule has 0 aliphatic heterocycles. The Morgan fingerprint density at radius 3 is 2.81 bits per heavy atom. The number of benzene rings is 1. The Morgan fingerprint density at radius 2 is 2.19 bits per heavy atom. The third-order valence-electron chi connectivity index (χ3n) is 3.47. The summed E-state index contributed by atoms with van der Waals surface area (Å²) in [4.78, 5) is 6.19. The normalized spacial score (nSPS) is 12.6. The van der Waals surface area contributed by atoms with Crippen LogP contribution in [-0.4, -0.2) is 28.1 Å². The summed E-state index contributed by atoms with van der Waals surface area (Å²) in [6, 6.07) is 8.60. The highest BCUT2D eigenvalue weighted by molar-refractivity contribution is 6.30. The van der Waals surface area contributed by atoms with Gasteiger partial charge in [0.25, 0.3) is 0 Å². The number of aliphatic hydroxyl groups is 1. The summed E-state index contributed by atoms with van der Waals surface area (Å²) in [5, 5.41) is 9.38. The van der Waals surface area contributed by atoms with Gasteiger partial charge in [-0.3, -0.25) is 9.88 Å². The second kappa shape index (κ2) is 7.50. The van der Waals surface area contributed by atoms with Crippen LogP contribution in [0, 0.1) is 5.82 Å². The molecule has 0 fully saturated rings. The number of aromatic nitrogens is 1. The summed E-state index contributed by atoms with van der Waals surface area (Å²) >= 11 is 5.85. The maximum Gasteiger partial charge on any atom is 0.141 e. The molecule has 1 unspecified atom stereocenters. The Morgan fingerprint density at radius 1 is 1.38 bits per heavy atom. The second-order valence-electron chi connectivity index (χ2n) is 4.90. The van der Waals surface area contributed by atoms with Crippen LogP contribution < -0.4 is 0 Å². The highest BCUT2D eigenvalue weighted by Crippen LogP contribution is 2.25.